The molecule has 1 atom stereocenters. The Kier molecular flexibility index (Phi) is 7.57. The van der Waals surface area contributed by atoms with Gasteiger partial charge in [0.1, 0.15) is 6.04 Å². The van der Waals surface area contributed by atoms with Gasteiger partial charge in [0, 0.05) is 43.9 Å². The number of nitrogens with zero attached hydrogens (tertiary/aromatic N) is 2. The Bertz CT molecular complexity index is 963. The maximum atomic E-state index is 13.2. The molecule has 0 saturated heterocycles. The minimum Gasteiger partial charge on any atom is -0.350 e. The molecule has 3 rings (SSSR count). The van der Waals surface area contributed by atoms with Gasteiger partial charge in [0.15, 0.2) is 0 Å². The van der Waals surface area contributed by atoms with Crippen LogP contribution in [-0.4, -0.2) is 27.7 Å². The lowest BCUT2D eigenvalue weighted by Crippen LogP contribution is -2.49. The molecular weight excluding hydrogens is 398 g/mol. The Morgan fingerprint density at radius 3 is 2.23 bits per heavy atom. The molecule has 154 valence electrons. The summed E-state index contributed by atoms with van der Waals surface area (Å²) >= 11 is 5.98. The summed E-state index contributed by atoms with van der Waals surface area (Å²) in [5.41, 5.74) is 2.85. The molecule has 1 N–H and O–H groups in total. The Morgan fingerprint density at radius 2 is 1.60 bits per heavy atom. The number of amides is 2. The number of nitrogens with one attached hydrogen (secondary N) is 1. The van der Waals surface area contributed by atoms with E-state index in [1.54, 1.807) is 29.4 Å². The molecule has 0 radical (unpaired) electrons. The summed E-state index contributed by atoms with van der Waals surface area (Å²) in [4.78, 5) is 31.3. The van der Waals surface area contributed by atoms with E-state index in [1.165, 1.54) is 6.92 Å². The van der Waals surface area contributed by atoms with Crippen molar-refractivity contribution in [2.45, 2.75) is 32.5 Å². The highest BCUT2D eigenvalue weighted by atomic mass is 35.5. The third-order valence-corrected chi connectivity index (χ3v) is 5.09. The van der Waals surface area contributed by atoms with Crippen LogP contribution < -0.4 is 5.32 Å². The smallest absolute Gasteiger partial charge is 0.243 e. The second-order valence-electron chi connectivity index (χ2n) is 7.05. The highest BCUT2D eigenvalue weighted by molar-refractivity contribution is 6.30. The molecule has 2 amide bonds. The topological polar surface area (TPSA) is 62.3 Å². The van der Waals surface area contributed by atoms with Crippen molar-refractivity contribution in [3.8, 4) is 0 Å². The summed E-state index contributed by atoms with van der Waals surface area (Å²) in [6, 6.07) is 20.1. The van der Waals surface area contributed by atoms with Crippen molar-refractivity contribution in [3.05, 3.63) is 101 Å². The molecule has 30 heavy (non-hydrogen) atoms. The Labute approximate surface area is 181 Å². The minimum absolute atomic E-state index is 0.162. The molecule has 0 aliphatic carbocycles. The molecule has 1 heterocycles. The second kappa shape index (κ2) is 10.6. The minimum atomic E-state index is -0.637. The van der Waals surface area contributed by atoms with E-state index in [4.69, 9.17) is 11.6 Å². The first kappa shape index (κ1) is 21.5. The van der Waals surface area contributed by atoms with E-state index >= 15 is 0 Å². The number of pyridine rings is 1. The zero-order chi connectivity index (χ0) is 21.3. The van der Waals surface area contributed by atoms with Crippen LogP contribution in [0.5, 0.6) is 0 Å². The average Bonchev–Trinajstić information content (AvgIpc) is 2.77. The monoisotopic (exact) mass is 421 g/mol. The van der Waals surface area contributed by atoms with E-state index in [1.807, 2.05) is 54.6 Å². The van der Waals surface area contributed by atoms with Crippen molar-refractivity contribution in [2.75, 3.05) is 0 Å². The van der Waals surface area contributed by atoms with Crippen LogP contribution in [0.3, 0.4) is 0 Å². The Hall–Kier alpha value is -3.18. The van der Waals surface area contributed by atoms with Gasteiger partial charge in [0.25, 0.3) is 0 Å². The lowest BCUT2D eigenvalue weighted by atomic mass is 10.0. The first-order valence-electron chi connectivity index (χ1n) is 9.75. The standard InChI is InChI=1S/C24H24ClN3O2/c1-18(29)28(17-21-7-9-22(25)10-8-21)23(15-19-5-3-2-4-6-19)24(30)27-16-20-11-13-26-14-12-20/h2-14,23H,15-17H2,1H3,(H,27,30)/t23-/m0/s1. The van der Waals surface area contributed by atoms with Crippen LogP contribution in [-0.2, 0) is 29.1 Å². The molecule has 6 heteroatoms. The van der Waals surface area contributed by atoms with Crippen LogP contribution in [0.15, 0.2) is 79.1 Å². The van der Waals surface area contributed by atoms with Crippen LogP contribution in [0, 0.1) is 0 Å². The summed E-state index contributed by atoms with van der Waals surface area (Å²) in [5.74, 6) is -0.357. The predicted molar refractivity (Wildman–Crippen MR) is 118 cm³/mol. The zero-order valence-electron chi connectivity index (χ0n) is 16.8. The summed E-state index contributed by atoms with van der Waals surface area (Å²) < 4.78 is 0. The number of aromatic nitrogens is 1. The molecule has 5 nitrogen and oxygen atoms in total. The third kappa shape index (κ3) is 6.16. The van der Waals surface area contributed by atoms with Crippen LogP contribution in [0.1, 0.15) is 23.6 Å². The number of carbonyl (C=O) groups is 2. The molecule has 3 aromatic rings. The van der Waals surface area contributed by atoms with Crippen molar-refractivity contribution >= 4 is 23.4 Å². The Morgan fingerprint density at radius 1 is 0.933 bits per heavy atom. The summed E-state index contributed by atoms with van der Waals surface area (Å²) in [7, 11) is 0. The number of halogens is 1. The molecular formula is C24H24ClN3O2. The van der Waals surface area contributed by atoms with E-state index in [0.29, 0.717) is 24.5 Å². The highest BCUT2D eigenvalue weighted by Gasteiger charge is 2.28. The lowest BCUT2D eigenvalue weighted by Gasteiger charge is -2.30. The summed E-state index contributed by atoms with van der Waals surface area (Å²) in [6.45, 7) is 2.19. The quantitative estimate of drug-likeness (QED) is 0.597. The third-order valence-electron chi connectivity index (χ3n) is 4.84. The van der Waals surface area contributed by atoms with E-state index in [2.05, 4.69) is 10.3 Å². The van der Waals surface area contributed by atoms with Gasteiger partial charge < -0.3 is 10.2 Å². The van der Waals surface area contributed by atoms with Gasteiger partial charge in [-0.3, -0.25) is 14.6 Å². The van der Waals surface area contributed by atoms with Crippen molar-refractivity contribution in [2.24, 2.45) is 0 Å². The predicted octanol–water partition coefficient (Wildman–Crippen LogP) is 4.01. The van der Waals surface area contributed by atoms with Gasteiger partial charge >= 0.3 is 0 Å². The number of hydrogen-bond donors (Lipinski definition) is 1. The SMILES string of the molecule is CC(=O)N(Cc1ccc(Cl)cc1)[C@@H](Cc1ccccc1)C(=O)NCc1ccncc1. The second-order valence-corrected chi connectivity index (χ2v) is 7.49. The van der Waals surface area contributed by atoms with Crippen molar-refractivity contribution in [3.63, 3.8) is 0 Å². The maximum Gasteiger partial charge on any atom is 0.243 e. The van der Waals surface area contributed by atoms with Crippen molar-refractivity contribution < 1.29 is 9.59 Å². The lowest BCUT2D eigenvalue weighted by molar-refractivity contribution is -0.139. The summed E-state index contributed by atoms with van der Waals surface area (Å²) in [6.07, 6.45) is 3.80. The van der Waals surface area contributed by atoms with E-state index in [0.717, 1.165) is 16.7 Å². The van der Waals surface area contributed by atoms with Crippen molar-refractivity contribution in [1.29, 1.82) is 0 Å². The van der Waals surface area contributed by atoms with Gasteiger partial charge in [-0.2, -0.15) is 0 Å². The number of benzene rings is 2. The molecule has 2 aromatic carbocycles. The van der Waals surface area contributed by atoms with E-state index < -0.39 is 6.04 Å². The Balaban J connectivity index is 1.82. The van der Waals surface area contributed by atoms with E-state index in [9.17, 15) is 9.59 Å². The average molecular weight is 422 g/mol. The van der Waals surface area contributed by atoms with Gasteiger partial charge in [0.05, 0.1) is 0 Å². The van der Waals surface area contributed by atoms with Gasteiger partial charge in [0.2, 0.25) is 11.8 Å². The highest BCUT2D eigenvalue weighted by Crippen LogP contribution is 2.16. The number of rotatable bonds is 8. The van der Waals surface area contributed by atoms with Crippen molar-refractivity contribution in [1.82, 2.24) is 15.2 Å². The van der Waals surface area contributed by atoms with Gasteiger partial charge in [-0.25, -0.2) is 0 Å². The maximum absolute atomic E-state index is 13.2. The van der Waals surface area contributed by atoms with Crippen LogP contribution in [0.25, 0.3) is 0 Å². The molecule has 0 saturated carbocycles. The molecule has 0 unspecified atom stereocenters. The number of carbonyl (C=O) groups excluding carboxylic acids is 2. The van der Waals surface area contributed by atoms with E-state index in [-0.39, 0.29) is 11.8 Å². The molecule has 1 aromatic heterocycles. The zero-order valence-corrected chi connectivity index (χ0v) is 17.5. The van der Waals surface area contributed by atoms with Gasteiger partial charge in [-0.05, 0) is 41.0 Å². The molecule has 0 aliphatic heterocycles. The fourth-order valence-electron chi connectivity index (χ4n) is 3.22. The first-order valence-corrected chi connectivity index (χ1v) is 10.1. The number of hydrogen-bond acceptors (Lipinski definition) is 3. The van der Waals surface area contributed by atoms with Crippen LogP contribution in [0.4, 0.5) is 0 Å². The fraction of sp³-hybridized carbons (Fsp3) is 0.208. The molecule has 0 fully saturated rings. The molecule has 0 aliphatic rings. The normalized spacial score (nSPS) is 11.5. The summed E-state index contributed by atoms with van der Waals surface area (Å²) in [5, 5.41) is 3.60. The molecule has 0 spiro atoms. The first-order chi connectivity index (χ1) is 14.5. The van der Waals surface area contributed by atoms with Crippen LogP contribution >= 0.6 is 11.6 Å². The largest absolute Gasteiger partial charge is 0.350 e. The molecule has 0 bridgehead atoms. The fourth-order valence-corrected chi connectivity index (χ4v) is 3.34. The van der Waals surface area contributed by atoms with Gasteiger partial charge in [-0.1, -0.05) is 54.1 Å². The van der Waals surface area contributed by atoms with Crippen LogP contribution in [0.2, 0.25) is 5.02 Å². The van der Waals surface area contributed by atoms with Gasteiger partial charge in [-0.15, -0.1) is 0 Å².